The molecule has 25 heavy (non-hydrogen) atoms. The van der Waals surface area contributed by atoms with Gasteiger partial charge in [0.2, 0.25) is 0 Å². The van der Waals surface area contributed by atoms with Crippen LogP contribution < -0.4 is 4.90 Å². The van der Waals surface area contributed by atoms with Crippen LogP contribution >= 0.6 is 22.9 Å². The van der Waals surface area contributed by atoms with Crippen molar-refractivity contribution in [2.24, 2.45) is 0 Å². The largest absolute Gasteiger partial charge is 0.368 e. The minimum absolute atomic E-state index is 0.110. The number of carbonyl (C=O) groups excluding carboxylic acids is 1. The smallest absolute Gasteiger partial charge is 0.264 e. The zero-order valence-corrected chi connectivity index (χ0v) is 16.2. The second-order valence-corrected chi connectivity index (χ2v) is 9.71. The predicted molar refractivity (Wildman–Crippen MR) is 102 cm³/mol. The van der Waals surface area contributed by atoms with Crippen molar-refractivity contribution in [1.29, 1.82) is 0 Å². The summed E-state index contributed by atoms with van der Waals surface area (Å²) in [5.41, 5.74) is 0.981. The molecule has 0 N–H and O–H groups in total. The number of hydrogen-bond acceptors (Lipinski definition) is 5. The van der Waals surface area contributed by atoms with E-state index in [2.05, 4.69) is 4.90 Å². The maximum absolute atomic E-state index is 12.7. The van der Waals surface area contributed by atoms with Crippen LogP contribution in [0.1, 0.15) is 16.1 Å². The van der Waals surface area contributed by atoms with Crippen molar-refractivity contribution in [1.82, 2.24) is 4.90 Å². The Hall–Kier alpha value is -1.57. The van der Waals surface area contributed by atoms with Gasteiger partial charge in [-0.3, -0.25) is 4.79 Å². The van der Waals surface area contributed by atoms with Crippen LogP contribution in [-0.2, 0) is 9.84 Å². The average molecular weight is 399 g/mol. The lowest BCUT2D eigenvalue weighted by atomic mass is 10.2. The molecule has 5 nitrogen and oxygen atoms in total. The number of halogens is 1. The molecule has 0 bridgehead atoms. The van der Waals surface area contributed by atoms with Gasteiger partial charge in [-0.25, -0.2) is 8.42 Å². The number of anilines is 1. The zero-order valence-electron chi connectivity index (χ0n) is 13.8. The number of nitrogens with zero attached hydrogens (tertiary/aromatic N) is 2. The first kappa shape index (κ1) is 18.2. The number of sulfone groups is 1. The van der Waals surface area contributed by atoms with Crippen molar-refractivity contribution >= 4 is 44.4 Å². The second-order valence-electron chi connectivity index (χ2n) is 5.98. The molecule has 0 atom stereocenters. The van der Waals surface area contributed by atoms with E-state index in [0.29, 0.717) is 29.5 Å². The molecule has 0 spiro atoms. The van der Waals surface area contributed by atoms with Crippen molar-refractivity contribution in [2.45, 2.75) is 10.6 Å². The molecule has 1 saturated heterocycles. The Labute approximate surface area is 156 Å². The third kappa shape index (κ3) is 4.16. The zero-order chi connectivity index (χ0) is 18.0. The first-order valence-electron chi connectivity index (χ1n) is 7.95. The maximum atomic E-state index is 12.7. The molecule has 0 radical (unpaired) electrons. The van der Waals surface area contributed by atoms with Crippen LogP contribution in [0.2, 0.25) is 5.02 Å². The predicted octanol–water partition coefficient (Wildman–Crippen LogP) is 3.16. The molecule has 3 rings (SSSR count). The number of carbonyl (C=O) groups is 1. The average Bonchev–Trinajstić information content (AvgIpc) is 2.95. The molecule has 2 aromatic rings. The van der Waals surface area contributed by atoms with E-state index in [1.807, 2.05) is 24.3 Å². The highest BCUT2D eigenvalue weighted by Gasteiger charge is 2.23. The van der Waals surface area contributed by atoms with E-state index < -0.39 is 9.84 Å². The molecule has 1 aliphatic rings. The van der Waals surface area contributed by atoms with E-state index in [9.17, 15) is 13.2 Å². The summed E-state index contributed by atoms with van der Waals surface area (Å²) in [6, 6.07) is 10.8. The second kappa shape index (κ2) is 7.35. The molecule has 0 aliphatic carbocycles. The van der Waals surface area contributed by atoms with Gasteiger partial charge in [0.05, 0.1) is 15.6 Å². The SMILES string of the molecule is CS(=O)(=O)c1ccc(C(=O)N2CCCN(c3ccccc3Cl)CC2)s1. The molecule has 0 saturated carbocycles. The molecule has 2 heterocycles. The lowest BCUT2D eigenvalue weighted by molar-refractivity contribution is 0.0772. The van der Waals surface area contributed by atoms with E-state index in [1.165, 1.54) is 6.07 Å². The summed E-state index contributed by atoms with van der Waals surface area (Å²) in [6.07, 6.45) is 1.99. The summed E-state index contributed by atoms with van der Waals surface area (Å²) in [4.78, 5) is 17.1. The van der Waals surface area contributed by atoms with Crippen LogP contribution in [0.4, 0.5) is 5.69 Å². The van der Waals surface area contributed by atoms with Crippen LogP contribution in [-0.4, -0.2) is 51.7 Å². The van der Waals surface area contributed by atoms with Crippen LogP contribution in [0.5, 0.6) is 0 Å². The van der Waals surface area contributed by atoms with Crippen molar-refractivity contribution in [3.05, 3.63) is 46.3 Å². The van der Waals surface area contributed by atoms with Crippen LogP contribution in [0.15, 0.2) is 40.6 Å². The molecular formula is C17H19ClN2O3S2. The first-order valence-corrected chi connectivity index (χ1v) is 11.0. The Morgan fingerprint density at radius 3 is 2.52 bits per heavy atom. The van der Waals surface area contributed by atoms with Crippen molar-refractivity contribution < 1.29 is 13.2 Å². The maximum Gasteiger partial charge on any atom is 0.264 e. The van der Waals surface area contributed by atoms with Crippen molar-refractivity contribution in [3.8, 4) is 0 Å². The monoisotopic (exact) mass is 398 g/mol. The van der Waals surface area contributed by atoms with Crippen molar-refractivity contribution in [3.63, 3.8) is 0 Å². The van der Waals surface area contributed by atoms with Gasteiger partial charge in [0.15, 0.2) is 9.84 Å². The van der Waals surface area contributed by atoms with Gasteiger partial charge >= 0.3 is 0 Å². The summed E-state index contributed by atoms with van der Waals surface area (Å²) < 4.78 is 23.4. The summed E-state index contributed by atoms with van der Waals surface area (Å²) in [6.45, 7) is 2.74. The quantitative estimate of drug-likeness (QED) is 0.796. The lowest BCUT2D eigenvalue weighted by Crippen LogP contribution is -2.34. The minimum atomic E-state index is -3.28. The Balaban J connectivity index is 1.72. The number of rotatable bonds is 3. The summed E-state index contributed by atoms with van der Waals surface area (Å²) in [5, 5.41) is 0.707. The van der Waals surface area contributed by atoms with Gasteiger partial charge < -0.3 is 9.80 Å². The highest BCUT2D eigenvalue weighted by atomic mass is 35.5. The van der Waals surface area contributed by atoms with Crippen LogP contribution in [0.25, 0.3) is 0 Å². The number of amides is 1. The molecule has 134 valence electrons. The van der Waals surface area contributed by atoms with Gasteiger partial charge in [0, 0.05) is 32.4 Å². The van der Waals surface area contributed by atoms with E-state index >= 15 is 0 Å². The molecule has 1 fully saturated rings. The van der Waals surface area contributed by atoms with Gasteiger partial charge in [-0.2, -0.15) is 0 Å². The van der Waals surface area contributed by atoms with Gasteiger partial charge in [0.25, 0.3) is 5.91 Å². The standard InChI is InChI=1S/C17H19ClN2O3S2/c1-25(22,23)16-8-7-15(24-16)17(21)20-10-4-9-19(11-12-20)14-6-3-2-5-13(14)18/h2-3,5-8H,4,9-12H2,1H3. The number of hydrogen-bond donors (Lipinski definition) is 0. The third-order valence-corrected chi connectivity index (χ3v) is 7.35. The van der Waals surface area contributed by atoms with E-state index in [4.69, 9.17) is 11.6 Å². The summed E-state index contributed by atoms with van der Waals surface area (Å²) in [7, 11) is -3.28. The highest BCUT2D eigenvalue weighted by molar-refractivity contribution is 7.92. The molecule has 8 heteroatoms. The molecule has 1 amide bonds. The topological polar surface area (TPSA) is 57.7 Å². The first-order chi connectivity index (χ1) is 11.9. The van der Waals surface area contributed by atoms with E-state index in [-0.39, 0.29) is 10.1 Å². The third-order valence-electron chi connectivity index (χ3n) is 4.13. The van der Waals surface area contributed by atoms with Crippen LogP contribution in [0, 0.1) is 0 Å². The minimum Gasteiger partial charge on any atom is -0.368 e. The Morgan fingerprint density at radius 1 is 1.08 bits per heavy atom. The fourth-order valence-corrected chi connectivity index (χ4v) is 5.01. The van der Waals surface area contributed by atoms with Crippen molar-refractivity contribution in [2.75, 3.05) is 37.3 Å². The normalized spacial score (nSPS) is 15.9. The molecule has 1 aliphatic heterocycles. The fraction of sp³-hybridized carbons (Fsp3) is 0.353. The summed E-state index contributed by atoms with van der Waals surface area (Å²) in [5.74, 6) is -0.110. The van der Waals surface area contributed by atoms with Gasteiger partial charge in [-0.15, -0.1) is 11.3 Å². The van der Waals surface area contributed by atoms with Crippen LogP contribution in [0.3, 0.4) is 0 Å². The lowest BCUT2D eigenvalue weighted by Gasteiger charge is -2.24. The molecule has 1 aromatic heterocycles. The molecule has 1 aromatic carbocycles. The molecule has 0 unspecified atom stereocenters. The molecular weight excluding hydrogens is 380 g/mol. The Kier molecular flexibility index (Phi) is 5.36. The van der Waals surface area contributed by atoms with Gasteiger partial charge in [0.1, 0.15) is 4.21 Å². The fourth-order valence-electron chi connectivity index (χ4n) is 2.86. The highest BCUT2D eigenvalue weighted by Crippen LogP contribution is 2.27. The Bertz CT molecular complexity index is 880. The summed E-state index contributed by atoms with van der Waals surface area (Å²) >= 11 is 7.31. The van der Waals surface area contributed by atoms with E-state index in [0.717, 1.165) is 36.2 Å². The van der Waals surface area contributed by atoms with Gasteiger partial charge in [-0.05, 0) is 30.7 Å². The van der Waals surface area contributed by atoms with Gasteiger partial charge in [-0.1, -0.05) is 23.7 Å². The van der Waals surface area contributed by atoms with E-state index in [1.54, 1.807) is 11.0 Å². The number of benzene rings is 1. The Morgan fingerprint density at radius 2 is 1.84 bits per heavy atom. The number of thiophene rings is 1. The number of para-hydroxylation sites is 1.